The molecule has 3 N–H and O–H groups in total. The number of hydrogen-bond acceptors (Lipinski definition) is 10. The van der Waals surface area contributed by atoms with E-state index in [2.05, 4.69) is 0 Å². The molecule has 1 aromatic carbocycles. The zero-order chi connectivity index (χ0) is 26.5. The Kier molecular flexibility index (Phi) is 12.6. The minimum Gasteiger partial charge on any atom is -0.480 e. The van der Waals surface area contributed by atoms with E-state index in [1.54, 1.807) is 27.7 Å². The predicted molar refractivity (Wildman–Crippen MR) is 124 cm³/mol. The van der Waals surface area contributed by atoms with Crippen LogP contribution in [0.15, 0.2) is 18.2 Å². The van der Waals surface area contributed by atoms with Gasteiger partial charge in [0.05, 0.1) is 25.7 Å². The number of aliphatic carboxylic acids is 1. The molecule has 0 aromatic heterocycles. The van der Waals surface area contributed by atoms with Gasteiger partial charge in [-0.05, 0) is 43.9 Å². The Labute approximate surface area is 204 Å². The molecule has 1 aromatic rings. The number of carboxylic acids is 1. The zero-order valence-corrected chi connectivity index (χ0v) is 20.8. The molecule has 0 amide bonds. The molecule has 0 aliphatic heterocycles. The maximum Gasteiger partial charge on any atom is 0.513 e. The Morgan fingerprint density at radius 3 is 2.00 bits per heavy atom. The maximum absolute atomic E-state index is 12.2. The van der Waals surface area contributed by atoms with Crippen molar-refractivity contribution in [2.75, 3.05) is 19.8 Å². The lowest BCUT2D eigenvalue weighted by Crippen LogP contribution is -2.40. The maximum atomic E-state index is 12.2. The summed E-state index contributed by atoms with van der Waals surface area (Å²) in [6, 6.07) is 2.77. The molecule has 0 bridgehead atoms. The minimum atomic E-state index is -1.37. The molecular formula is C24H35NO10. The standard InChI is InChI=1S/C24H35NO10/c1-6-9-14(4)22(28)33-13-15(5)19(20(25)21(26)27)16-10-11-17(34-23(29)31-7-2)18(12-16)35-24(30)32-8-3/h10-12,14-15,19-20H,6-9,13,25H2,1-5H3,(H,26,27)/t14?,15?,19?,20-/m0/s1. The van der Waals surface area contributed by atoms with Crippen molar-refractivity contribution in [3.05, 3.63) is 23.8 Å². The van der Waals surface area contributed by atoms with Crippen LogP contribution in [0.3, 0.4) is 0 Å². The van der Waals surface area contributed by atoms with Crippen molar-refractivity contribution in [2.24, 2.45) is 17.6 Å². The van der Waals surface area contributed by atoms with Gasteiger partial charge in [-0.15, -0.1) is 0 Å². The SMILES string of the molecule is CCCC(C)C(=O)OCC(C)C(c1ccc(OC(=O)OCC)c(OC(=O)OCC)c1)[C@H](N)C(=O)O. The molecule has 3 unspecified atom stereocenters. The van der Waals surface area contributed by atoms with Gasteiger partial charge in [0.25, 0.3) is 0 Å². The van der Waals surface area contributed by atoms with Crippen molar-refractivity contribution in [1.29, 1.82) is 0 Å². The van der Waals surface area contributed by atoms with Crippen LogP contribution in [0.25, 0.3) is 0 Å². The lowest BCUT2D eigenvalue weighted by Gasteiger charge is -2.28. The summed E-state index contributed by atoms with van der Waals surface area (Å²) in [5.41, 5.74) is 6.35. The van der Waals surface area contributed by atoms with Gasteiger partial charge in [-0.3, -0.25) is 9.59 Å². The van der Waals surface area contributed by atoms with Gasteiger partial charge in [0.15, 0.2) is 11.5 Å². The summed E-state index contributed by atoms with van der Waals surface area (Å²) in [5, 5.41) is 9.59. The zero-order valence-electron chi connectivity index (χ0n) is 20.8. The Morgan fingerprint density at radius 2 is 1.49 bits per heavy atom. The van der Waals surface area contributed by atoms with E-state index in [9.17, 15) is 24.3 Å². The lowest BCUT2D eigenvalue weighted by atomic mass is 9.82. The molecule has 0 saturated heterocycles. The topological polar surface area (TPSA) is 161 Å². The van der Waals surface area contributed by atoms with Crippen molar-refractivity contribution in [2.45, 2.75) is 59.4 Å². The van der Waals surface area contributed by atoms with E-state index in [1.165, 1.54) is 18.2 Å². The van der Waals surface area contributed by atoms with Crippen molar-refractivity contribution in [1.82, 2.24) is 0 Å². The summed E-state index contributed by atoms with van der Waals surface area (Å²) in [5.74, 6) is -3.65. The molecule has 11 nitrogen and oxygen atoms in total. The van der Waals surface area contributed by atoms with Crippen LogP contribution in [0.5, 0.6) is 11.5 Å². The molecule has 0 aliphatic rings. The molecular weight excluding hydrogens is 462 g/mol. The number of esters is 1. The quantitative estimate of drug-likeness (QED) is 0.231. The van der Waals surface area contributed by atoms with E-state index < -0.39 is 36.2 Å². The van der Waals surface area contributed by atoms with Crippen LogP contribution < -0.4 is 15.2 Å². The third-order valence-electron chi connectivity index (χ3n) is 5.16. The monoisotopic (exact) mass is 497 g/mol. The van der Waals surface area contributed by atoms with Crippen molar-refractivity contribution < 1.29 is 48.0 Å². The third-order valence-corrected chi connectivity index (χ3v) is 5.16. The van der Waals surface area contributed by atoms with Crippen LogP contribution in [0.1, 0.15) is 58.9 Å². The van der Waals surface area contributed by atoms with Crippen LogP contribution in [0, 0.1) is 11.8 Å². The van der Waals surface area contributed by atoms with E-state index >= 15 is 0 Å². The number of carbonyl (C=O) groups is 4. The fourth-order valence-corrected chi connectivity index (χ4v) is 3.42. The van der Waals surface area contributed by atoms with E-state index in [1.807, 2.05) is 6.92 Å². The number of hydrogen-bond donors (Lipinski definition) is 2. The number of rotatable bonds is 13. The van der Waals surface area contributed by atoms with Gasteiger partial charge in [-0.2, -0.15) is 0 Å². The molecule has 0 spiro atoms. The highest BCUT2D eigenvalue weighted by Gasteiger charge is 2.33. The second-order valence-corrected chi connectivity index (χ2v) is 7.96. The number of nitrogens with two attached hydrogens (primary N) is 1. The van der Waals surface area contributed by atoms with Gasteiger partial charge in [0, 0.05) is 5.92 Å². The smallest absolute Gasteiger partial charge is 0.480 e. The van der Waals surface area contributed by atoms with Gasteiger partial charge in [-0.1, -0.05) is 33.3 Å². The molecule has 0 radical (unpaired) electrons. The van der Waals surface area contributed by atoms with Gasteiger partial charge in [0.2, 0.25) is 0 Å². The summed E-state index contributed by atoms with van der Waals surface area (Å²) in [4.78, 5) is 47.7. The lowest BCUT2D eigenvalue weighted by molar-refractivity contribution is -0.149. The Morgan fingerprint density at radius 1 is 0.914 bits per heavy atom. The molecule has 11 heteroatoms. The second-order valence-electron chi connectivity index (χ2n) is 7.96. The molecule has 0 saturated carbocycles. The molecule has 35 heavy (non-hydrogen) atoms. The molecule has 1 rings (SSSR count). The summed E-state index contributed by atoms with van der Waals surface area (Å²) in [7, 11) is 0. The average Bonchev–Trinajstić information content (AvgIpc) is 2.79. The first kappa shape index (κ1) is 29.7. The van der Waals surface area contributed by atoms with Crippen molar-refractivity contribution in [3.8, 4) is 11.5 Å². The molecule has 4 atom stereocenters. The first-order valence-electron chi connectivity index (χ1n) is 11.5. The number of benzene rings is 1. The van der Waals surface area contributed by atoms with Crippen LogP contribution in [-0.2, 0) is 23.8 Å². The van der Waals surface area contributed by atoms with Gasteiger partial charge >= 0.3 is 24.2 Å². The summed E-state index contributed by atoms with van der Waals surface area (Å²) in [6.07, 6.45) is -0.581. The van der Waals surface area contributed by atoms with E-state index in [0.717, 1.165) is 6.42 Å². The van der Waals surface area contributed by atoms with Gasteiger partial charge < -0.3 is 34.5 Å². The molecule has 0 aliphatic carbocycles. The van der Waals surface area contributed by atoms with E-state index in [4.69, 9.17) is 29.4 Å². The first-order chi connectivity index (χ1) is 16.5. The van der Waals surface area contributed by atoms with Gasteiger partial charge in [0.1, 0.15) is 6.04 Å². The van der Waals surface area contributed by atoms with Crippen LogP contribution in [-0.4, -0.2) is 55.2 Å². The van der Waals surface area contributed by atoms with Gasteiger partial charge in [-0.25, -0.2) is 9.59 Å². The van der Waals surface area contributed by atoms with Crippen molar-refractivity contribution >= 4 is 24.2 Å². The highest BCUT2D eigenvalue weighted by atomic mass is 16.7. The highest BCUT2D eigenvalue weighted by Crippen LogP contribution is 2.36. The number of carboxylic acid groups (broad SMARTS) is 1. The highest BCUT2D eigenvalue weighted by molar-refractivity contribution is 5.75. The fraction of sp³-hybridized carbons (Fsp3) is 0.583. The molecule has 0 fully saturated rings. The second kappa shape index (κ2) is 14.8. The number of ether oxygens (including phenoxy) is 5. The fourth-order valence-electron chi connectivity index (χ4n) is 3.42. The Bertz CT molecular complexity index is 872. The summed E-state index contributed by atoms with van der Waals surface area (Å²) < 4.78 is 25.2. The van der Waals surface area contributed by atoms with E-state index in [0.29, 0.717) is 12.0 Å². The largest absolute Gasteiger partial charge is 0.513 e. The minimum absolute atomic E-state index is 0.0396. The molecule has 196 valence electrons. The summed E-state index contributed by atoms with van der Waals surface area (Å²) in [6.45, 7) is 8.62. The van der Waals surface area contributed by atoms with E-state index in [-0.39, 0.29) is 43.2 Å². The molecule has 0 heterocycles. The normalized spacial score (nSPS) is 14.1. The Hall–Kier alpha value is -3.34. The van der Waals surface area contributed by atoms with Crippen molar-refractivity contribution in [3.63, 3.8) is 0 Å². The number of carbonyl (C=O) groups excluding carboxylic acids is 3. The first-order valence-corrected chi connectivity index (χ1v) is 11.5. The summed E-state index contributed by atoms with van der Waals surface area (Å²) >= 11 is 0. The van der Waals surface area contributed by atoms with Crippen LogP contribution in [0.4, 0.5) is 9.59 Å². The predicted octanol–water partition coefficient (Wildman–Crippen LogP) is 3.87. The average molecular weight is 498 g/mol. The van der Waals surface area contributed by atoms with Crippen LogP contribution >= 0.6 is 0 Å². The third kappa shape index (κ3) is 9.44. The Balaban J connectivity index is 3.30. The van der Waals surface area contributed by atoms with Crippen LogP contribution in [0.2, 0.25) is 0 Å².